The first-order chi connectivity index (χ1) is 7.15. The van der Waals surface area contributed by atoms with Gasteiger partial charge in [-0.05, 0) is 24.5 Å². The summed E-state index contributed by atoms with van der Waals surface area (Å²) in [7, 11) is 0. The number of halogens is 1. The number of anilines is 1. The van der Waals surface area contributed by atoms with Gasteiger partial charge in [0, 0.05) is 17.5 Å². The average molecular weight is 224 g/mol. The van der Waals surface area contributed by atoms with Crippen LogP contribution >= 0.6 is 11.8 Å². The molecule has 0 spiro atoms. The lowest BCUT2D eigenvalue weighted by Crippen LogP contribution is -2.12. The molecule has 15 heavy (non-hydrogen) atoms. The maximum absolute atomic E-state index is 13.0. The quantitative estimate of drug-likeness (QED) is 0.854. The Bertz CT molecular complexity index is 373. The molecule has 4 heteroatoms. The summed E-state index contributed by atoms with van der Waals surface area (Å²) in [6.07, 6.45) is 2.03. The zero-order valence-electron chi connectivity index (χ0n) is 8.75. The third kappa shape index (κ3) is 3.80. The molecule has 0 aliphatic carbocycles. The molecular weight excluding hydrogens is 211 g/mol. The Kier molecular flexibility index (Phi) is 4.44. The molecule has 2 nitrogen and oxygen atoms in total. The summed E-state index contributed by atoms with van der Waals surface area (Å²) >= 11 is 1.74. The molecule has 0 saturated carbocycles. The third-order valence-corrected chi connectivity index (χ3v) is 2.99. The van der Waals surface area contributed by atoms with Crippen LogP contribution in [0.5, 0.6) is 0 Å². The van der Waals surface area contributed by atoms with Crippen LogP contribution in [0.3, 0.4) is 0 Å². The van der Waals surface area contributed by atoms with Crippen LogP contribution in [0, 0.1) is 17.1 Å². The molecule has 1 aromatic rings. The molecule has 0 radical (unpaired) electrons. The van der Waals surface area contributed by atoms with E-state index in [9.17, 15) is 4.39 Å². The molecule has 80 valence electrons. The van der Waals surface area contributed by atoms with E-state index in [-0.39, 0.29) is 5.82 Å². The van der Waals surface area contributed by atoms with Crippen molar-refractivity contribution >= 4 is 17.4 Å². The monoisotopic (exact) mass is 224 g/mol. The second-order valence-electron chi connectivity index (χ2n) is 3.27. The van der Waals surface area contributed by atoms with Gasteiger partial charge in [-0.25, -0.2) is 4.39 Å². The Balaban J connectivity index is 2.69. The van der Waals surface area contributed by atoms with E-state index < -0.39 is 0 Å². The minimum absolute atomic E-state index is 0.342. The van der Waals surface area contributed by atoms with E-state index in [0.717, 1.165) is 6.54 Å². The summed E-state index contributed by atoms with van der Waals surface area (Å²) in [6, 6.07) is 6.20. The van der Waals surface area contributed by atoms with Gasteiger partial charge in [-0.3, -0.25) is 0 Å². The number of rotatable bonds is 4. The first-order valence-electron chi connectivity index (χ1n) is 4.63. The number of benzene rings is 1. The maximum atomic E-state index is 13.0. The fourth-order valence-corrected chi connectivity index (χ4v) is 1.35. The van der Waals surface area contributed by atoms with Crippen LogP contribution in [0.1, 0.15) is 12.5 Å². The predicted octanol–water partition coefficient (Wildman–Crippen LogP) is 2.86. The molecule has 0 aliphatic heterocycles. The van der Waals surface area contributed by atoms with Crippen LogP contribution in [-0.2, 0) is 0 Å². The highest BCUT2D eigenvalue weighted by Gasteiger charge is 2.02. The lowest BCUT2D eigenvalue weighted by atomic mass is 10.2. The Morgan fingerprint density at radius 1 is 1.53 bits per heavy atom. The van der Waals surface area contributed by atoms with E-state index in [1.807, 2.05) is 12.3 Å². The summed E-state index contributed by atoms with van der Waals surface area (Å²) in [5.74, 6) is -0.381. The van der Waals surface area contributed by atoms with E-state index in [1.165, 1.54) is 12.1 Å². The van der Waals surface area contributed by atoms with Crippen molar-refractivity contribution in [1.29, 1.82) is 5.26 Å². The fourth-order valence-electron chi connectivity index (χ4n) is 1.10. The molecule has 0 bridgehead atoms. The Morgan fingerprint density at radius 2 is 2.27 bits per heavy atom. The third-order valence-electron chi connectivity index (χ3n) is 2.02. The zero-order valence-corrected chi connectivity index (χ0v) is 9.57. The summed E-state index contributed by atoms with van der Waals surface area (Å²) < 4.78 is 13.0. The van der Waals surface area contributed by atoms with Gasteiger partial charge in [-0.15, -0.1) is 0 Å². The fraction of sp³-hybridized carbons (Fsp3) is 0.364. The molecule has 0 aromatic heterocycles. The number of thioether (sulfide) groups is 1. The molecule has 1 unspecified atom stereocenters. The number of nitriles is 1. The van der Waals surface area contributed by atoms with Gasteiger partial charge in [-0.2, -0.15) is 17.0 Å². The lowest BCUT2D eigenvalue weighted by molar-refractivity contribution is 0.627. The molecule has 0 fully saturated rings. The van der Waals surface area contributed by atoms with E-state index >= 15 is 0 Å². The molecular formula is C11H13FN2S. The van der Waals surface area contributed by atoms with Crippen LogP contribution in [-0.4, -0.2) is 18.1 Å². The largest absolute Gasteiger partial charge is 0.384 e. The summed E-state index contributed by atoms with van der Waals surface area (Å²) in [5.41, 5.74) is 1.00. The summed E-state index contributed by atoms with van der Waals surface area (Å²) in [4.78, 5) is 0. The highest BCUT2D eigenvalue weighted by atomic mass is 32.2. The van der Waals surface area contributed by atoms with E-state index in [1.54, 1.807) is 17.8 Å². The Labute approximate surface area is 93.5 Å². The lowest BCUT2D eigenvalue weighted by Gasteiger charge is -2.11. The Hall–Kier alpha value is -1.21. The molecule has 0 aliphatic rings. The second-order valence-corrected chi connectivity index (χ2v) is 4.54. The molecule has 0 heterocycles. The minimum Gasteiger partial charge on any atom is -0.384 e. The standard InChI is InChI=1S/C11H13FN2S/c1-8(15-2)7-14-11-4-9(6-13)3-10(12)5-11/h3-5,8,14H,7H2,1-2H3. The van der Waals surface area contributed by atoms with E-state index in [4.69, 9.17) is 5.26 Å². The molecule has 1 atom stereocenters. The molecule has 0 amide bonds. The van der Waals surface area contributed by atoms with Crippen molar-refractivity contribution in [2.24, 2.45) is 0 Å². The first kappa shape index (κ1) is 11.9. The van der Waals surface area contributed by atoms with Crippen LogP contribution in [0.4, 0.5) is 10.1 Å². The minimum atomic E-state index is -0.381. The van der Waals surface area contributed by atoms with Crippen LogP contribution in [0.25, 0.3) is 0 Å². The van der Waals surface area contributed by atoms with Gasteiger partial charge in [-0.1, -0.05) is 6.92 Å². The van der Waals surface area contributed by atoms with Gasteiger partial charge < -0.3 is 5.32 Å². The van der Waals surface area contributed by atoms with Crippen molar-refractivity contribution in [3.63, 3.8) is 0 Å². The van der Waals surface area contributed by atoms with Gasteiger partial charge in [0.2, 0.25) is 0 Å². The van der Waals surface area contributed by atoms with Gasteiger partial charge >= 0.3 is 0 Å². The van der Waals surface area contributed by atoms with Gasteiger partial charge in [0.25, 0.3) is 0 Å². The van der Waals surface area contributed by atoms with Gasteiger partial charge in [0.15, 0.2) is 0 Å². The van der Waals surface area contributed by atoms with Gasteiger partial charge in [0.1, 0.15) is 5.82 Å². The van der Waals surface area contributed by atoms with Crippen molar-refractivity contribution in [2.45, 2.75) is 12.2 Å². The van der Waals surface area contributed by atoms with Crippen LogP contribution < -0.4 is 5.32 Å². The van der Waals surface area contributed by atoms with E-state index in [2.05, 4.69) is 12.2 Å². The highest BCUT2D eigenvalue weighted by molar-refractivity contribution is 7.99. The number of hydrogen-bond acceptors (Lipinski definition) is 3. The van der Waals surface area contributed by atoms with Gasteiger partial charge in [0.05, 0.1) is 11.6 Å². The van der Waals surface area contributed by atoms with Crippen molar-refractivity contribution in [3.8, 4) is 6.07 Å². The smallest absolute Gasteiger partial charge is 0.126 e. The van der Waals surface area contributed by atoms with Crippen LogP contribution in [0.2, 0.25) is 0 Å². The zero-order chi connectivity index (χ0) is 11.3. The first-order valence-corrected chi connectivity index (χ1v) is 5.92. The van der Waals surface area contributed by atoms with Crippen molar-refractivity contribution in [2.75, 3.05) is 18.1 Å². The average Bonchev–Trinajstić information content (AvgIpc) is 2.25. The molecule has 0 saturated heterocycles. The van der Waals surface area contributed by atoms with Crippen LogP contribution in [0.15, 0.2) is 18.2 Å². The summed E-state index contributed by atoms with van der Waals surface area (Å²) in [5, 5.41) is 12.2. The number of hydrogen-bond donors (Lipinski definition) is 1. The Morgan fingerprint density at radius 3 is 2.87 bits per heavy atom. The molecule has 1 aromatic carbocycles. The summed E-state index contributed by atoms with van der Waals surface area (Å²) in [6.45, 7) is 2.84. The maximum Gasteiger partial charge on any atom is 0.126 e. The number of nitrogens with one attached hydrogen (secondary N) is 1. The van der Waals surface area contributed by atoms with Crippen molar-refractivity contribution < 1.29 is 4.39 Å². The van der Waals surface area contributed by atoms with E-state index in [0.29, 0.717) is 16.5 Å². The highest BCUT2D eigenvalue weighted by Crippen LogP contribution is 2.14. The molecule has 1 N–H and O–H groups in total. The van der Waals surface area contributed by atoms with Crippen molar-refractivity contribution in [3.05, 3.63) is 29.6 Å². The second kappa shape index (κ2) is 5.62. The normalized spacial score (nSPS) is 11.9. The SMILES string of the molecule is CSC(C)CNc1cc(F)cc(C#N)c1. The predicted molar refractivity (Wildman–Crippen MR) is 62.6 cm³/mol. The van der Waals surface area contributed by atoms with Crippen molar-refractivity contribution in [1.82, 2.24) is 0 Å². The topological polar surface area (TPSA) is 35.8 Å². The number of nitrogens with zero attached hydrogens (tertiary/aromatic N) is 1. The molecule has 1 rings (SSSR count).